The Bertz CT molecular complexity index is 514. The molecule has 2 N–H and O–H groups in total. The number of imide groups is 1. The molecule has 1 fully saturated rings. The number of quaternary nitrogens is 1. The third-order valence-electron chi connectivity index (χ3n) is 4.07. The molecule has 6 heteroatoms. The number of thiophene rings is 1. The number of hydrogen-bond acceptors (Lipinski definition) is 3. The first kappa shape index (κ1) is 12.6. The molecule has 0 aliphatic carbocycles. The minimum Gasteiger partial charge on any atom is -0.336 e. The Balaban J connectivity index is 1.68. The summed E-state index contributed by atoms with van der Waals surface area (Å²) in [4.78, 5) is 27.7. The van der Waals surface area contributed by atoms with Crippen LogP contribution in [0, 0.1) is 0 Å². The van der Waals surface area contributed by atoms with E-state index in [4.69, 9.17) is 0 Å². The first-order chi connectivity index (χ1) is 9.16. The molecule has 3 rings (SSSR count). The quantitative estimate of drug-likeness (QED) is 0.788. The average molecular weight is 280 g/mol. The van der Waals surface area contributed by atoms with Gasteiger partial charge in [0.25, 0.3) is 5.91 Å². The van der Waals surface area contributed by atoms with Crippen molar-refractivity contribution >= 4 is 23.3 Å². The van der Waals surface area contributed by atoms with E-state index in [1.165, 1.54) is 20.2 Å². The van der Waals surface area contributed by atoms with E-state index in [1.54, 1.807) is 11.3 Å². The van der Waals surface area contributed by atoms with Crippen molar-refractivity contribution in [2.24, 2.45) is 0 Å². The molecule has 0 aromatic carbocycles. The lowest BCUT2D eigenvalue weighted by molar-refractivity contribution is -0.924. The van der Waals surface area contributed by atoms with Crippen LogP contribution in [0.15, 0.2) is 11.4 Å². The highest BCUT2D eigenvalue weighted by Crippen LogP contribution is 2.24. The summed E-state index contributed by atoms with van der Waals surface area (Å²) in [5.74, 6) is -0.0597. The standard InChI is InChI=1S/C13H17N3O2S/c1-9-10-3-7-19-11(10)2-5-15(9)8-12(17)16-6-4-14-13(16)18/h3,7,9H,2,4-6,8H2,1H3,(H,14,18)/p+1/t9-/m0/s1. The number of amides is 3. The van der Waals surface area contributed by atoms with Crippen LogP contribution in [-0.4, -0.2) is 43.0 Å². The Hall–Kier alpha value is -1.40. The van der Waals surface area contributed by atoms with E-state index in [0.717, 1.165) is 13.0 Å². The van der Waals surface area contributed by atoms with Gasteiger partial charge in [0.2, 0.25) is 0 Å². The summed E-state index contributed by atoms with van der Waals surface area (Å²) in [5, 5.41) is 4.79. The highest BCUT2D eigenvalue weighted by Gasteiger charge is 2.33. The van der Waals surface area contributed by atoms with Crippen LogP contribution in [0.25, 0.3) is 0 Å². The van der Waals surface area contributed by atoms with E-state index in [2.05, 4.69) is 23.7 Å². The first-order valence-electron chi connectivity index (χ1n) is 6.66. The van der Waals surface area contributed by atoms with Crippen molar-refractivity contribution in [1.82, 2.24) is 10.2 Å². The SMILES string of the molecule is C[C@H]1c2ccsc2CC[NH+]1CC(=O)N1CCNC1=O. The summed E-state index contributed by atoms with van der Waals surface area (Å²) in [5.41, 5.74) is 1.37. The van der Waals surface area contributed by atoms with Crippen LogP contribution >= 0.6 is 11.3 Å². The van der Waals surface area contributed by atoms with Gasteiger partial charge in [0.1, 0.15) is 6.04 Å². The zero-order valence-corrected chi connectivity index (χ0v) is 11.8. The number of nitrogens with zero attached hydrogens (tertiary/aromatic N) is 1. The Labute approximate surface area is 116 Å². The van der Waals surface area contributed by atoms with Gasteiger partial charge in [-0.15, -0.1) is 11.3 Å². The van der Waals surface area contributed by atoms with Gasteiger partial charge in [0, 0.05) is 30.0 Å². The average Bonchev–Trinajstić information content (AvgIpc) is 3.01. The Morgan fingerprint density at radius 1 is 1.63 bits per heavy atom. The van der Waals surface area contributed by atoms with Gasteiger partial charge in [0.05, 0.1) is 6.54 Å². The molecule has 19 heavy (non-hydrogen) atoms. The summed E-state index contributed by atoms with van der Waals surface area (Å²) in [6.07, 6.45) is 1.03. The number of urea groups is 1. The number of nitrogens with one attached hydrogen (secondary N) is 2. The molecule has 3 amide bonds. The van der Waals surface area contributed by atoms with Crippen LogP contribution in [0.4, 0.5) is 4.79 Å². The third-order valence-corrected chi connectivity index (χ3v) is 5.06. The number of rotatable bonds is 2. The van der Waals surface area contributed by atoms with Crippen LogP contribution in [0.3, 0.4) is 0 Å². The molecule has 1 unspecified atom stereocenters. The summed E-state index contributed by atoms with van der Waals surface area (Å²) < 4.78 is 0. The van der Waals surface area contributed by atoms with Crippen LogP contribution in [0.5, 0.6) is 0 Å². The van der Waals surface area contributed by atoms with Crippen molar-refractivity contribution in [3.8, 4) is 0 Å². The fourth-order valence-electron chi connectivity index (χ4n) is 2.89. The van der Waals surface area contributed by atoms with Crippen molar-refractivity contribution in [2.75, 3.05) is 26.2 Å². The lowest BCUT2D eigenvalue weighted by Crippen LogP contribution is -3.14. The Morgan fingerprint density at radius 2 is 2.47 bits per heavy atom. The highest BCUT2D eigenvalue weighted by atomic mass is 32.1. The second-order valence-corrected chi connectivity index (χ2v) is 6.13. The highest BCUT2D eigenvalue weighted by molar-refractivity contribution is 7.10. The molecule has 2 aliphatic rings. The molecule has 0 spiro atoms. The zero-order valence-electron chi connectivity index (χ0n) is 10.9. The van der Waals surface area contributed by atoms with Crippen molar-refractivity contribution < 1.29 is 14.5 Å². The lowest BCUT2D eigenvalue weighted by atomic mass is 10.0. The molecule has 102 valence electrons. The number of carbonyl (C=O) groups excluding carboxylic acids is 2. The second kappa shape index (κ2) is 4.94. The van der Waals surface area contributed by atoms with Crippen molar-refractivity contribution in [3.63, 3.8) is 0 Å². The fourth-order valence-corrected chi connectivity index (χ4v) is 3.87. The fraction of sp³-hybridized carbons (Fsp3) is 0.538. The van der Waals surface area contributed by atoms with Gasteiger partial charge >= 0.3 is 6.03 Å². The largest absolute Gasteiger partial charge is 0.336 e. The van der Waals surface area contributed by atoms with Gasteiger partial charge in [-0.1, -0.05) is 0 Å². The summed E-state index contributed by atoms with van der Waals surface area (Å²) in [6, 6.07) is 2.26. The van der Waals surface area contributed by atoms with Crippen LogP contribution < -0.4 is 10.2 Å². The van der Waals surface area contributed by atoms with E-state index in [9.17, 15) is 9.59 Å². The molecular weight excluding hydrogens is 262 g/mol. The van der Waals surface area contributed by atoms with Crippen molar-refractivity contribution in [1.29, 1.82) is 0 Å². The van der Waals surface area contributed by atoms with E-state index >= 15 is 0 Å². The maximum Gasteiger partial charge on any atom is 0.324 e. The minimum absolute atomic E-state index is 0.0597. The molecule has 5 nitrogen and oxygen atoms in total. The monoisotopic (exact) mass is 280 g/mol. The van der Waals surface area contributed by atoms with E-state index in [1.807, 2.05) is 0 Å². The molecule has 3 heterocycles. The maximum atomic E-state index is 12.2. The molecule has 1 aromatic heterocycles. The van der Waals surface area contributed by atoms with Gasteiger partial charge in [0.15, 0.2) is 6.54 Å². The third kappa shape index (κ3) is 2.26. The van der Waals surface area contributed by atoms with E-state index in [0.29, 0.717) is 25.7 Å². The lowest BCUT2D eigenvalue weighted by Gasteiger charge is -2.30. The van der Waals surface area contributed by atoms with Crippen LogP contribution in [0.2, 0.25) is 0 Å². The second-order valence-electron chi connectivity index (χ2n) is 5.13. The topological polar surface area (TPSA) is 53.9 Å². The van der Waals surface area contributed by atoms with Gasteiger partial charge < -0.3 is 10.2 Å². The van der Waals surface area contributed by atoms with Gasteiger partial charge in [-0.05, 0) is 18.4 Å². The van der Waals surface area contributed by atoms with Crippen molar-refractivity contribution in [3.05, 3.63) is 21.9 Å². The number of fused-ring (bicyclic) bond motifs is 1. The predicted octanol–water partition coefficient (Wildman–Crippen LogP) is -0.198. The van der Waals surface area contributed by atoms with Gasteiger partial charge in [-0.3, -0.25) is 9.69 Å². The summed E-state index contributed by atoms with van der Waals surface area (Å²) >= 11 is 1.80. The molecule has 1 saturated heterocycles. The Kier molecular flexibility index (Phi) is 3.28. The van der Waals surface area contributed by atoms with Crippen LogP contribution in [-0.2, 0) is 11.2 Å². The van der Waals surface area contributed by atoms with E-state index < -0.39 is 0 Å². The van der Waals surface area contributed by atoms with E-state index in [-0.39, 0.29) is 11.9 Å². The normalized spacial score (nSPS) is 26.2. The molecule has 1 aromatic rings. The maximum absolute atomic E-state index is 12.2. The van der Waals surface area contributed by atoms with Gasteiger partial charge in [-0.2, -0.15) is 0 Å². The summed E-state index contributed by atoms with van der Waals surface area (Å²) in [6.45, 7) is 4.62. The van der Waals surface area contributed by atoms with Gasteiger partial charge in [-0.25, -0.2) is 4.79 Å². The van der Waals surface area contributed by atoms with Crippen LogP contribution in [0.1, 0.15) is 23.4 Å². The number of carbonyl (C=O) groups is 2. The molecule has 0 radical (unpaired) electrons. The smallest absolute Gasteiger partial charge is 0.324 e. The molecule has 0 saturated carbocycles. The number of hydrogen-bond donors (Lipinski definition) is 2. The Morgan fingerprint density at radius 3 is 3.21 bits per heavy atom. The first-order valence-corrected chi connectivity index (χ1v) is 7.54. The molecule has 0 bridgehead atoms. The summed E-state index contributed by atoms with van der Waals surface area (Å²) in [7, 11) is 0. The molecule has 2 atom stereocenters. The zero-order chi connectivity index (χ0) is 13.4. The molecular formula is C13H18N3O2S+. The molecule has 2 aliphatic heterocycles. The van der Waals surface area contributed by atoms with Crippen molar-refractivity contribution in [2.45, 2.75) is 19.4 Å². The predicted molar refractivity (Wildman–Crippen MR) is 72.2 cm³/mol. The minimum atomic E-state index is -0.245.